The second-order valence-electron chi connectivity index (χ2n) is 5.63. The van der Waals surface area contributed by atoms with Gasteiger partial charge in [0.1, 0.15) is 11.0 Å². The minimum Gasteiger partial charge on any atom is -0.493 e. The third-order valence-electron chi connectivity index (χ3n) is 4.02. The zero-order valence-corrected chi connectivity index (χ0v) is 14.4. The SMILES string of the molecule is CCOc1ccccc1C(=O)N1CC(S(=O)(=O)c2nccn2C)C1. The Labute approximate surface area is 140 Å². The lowest BCUT2D eigenvalue weighted by molar-refractivity contribution is 0.0654. The van der Waals surface area contributed by atoms with Crippen LogP contribution in [0.4, 0.5) is 0 Å². The van der Waals surface area contributed by atoms with E-state index in [1.165, 1.54) is 15.7 Å². The summed E-state index contributed by atoms with van der Waals surface area (Å²) in [4.78, 5) is 18.0. The highest BCUT2D eigenvalue weighted by molar-refractivity contribution is 7.92. The number of ether oxygens (including phenoxy) is 1. The molecular formula is C16H19N3O4S. The van der Waals surface area contributed by atoms with E-state index in [1.54, 1.807) is 37.5 Å². The number of hydrogen-bond donors (Lipinski definition) is 0. The quantitative estimate of drug-likeness (QED) is 0.808. The van der Waals surface area contributed by atoms with Gasteiger partial charge in [-0.2, -0.15) is 0 Å². The minimum atomic E-state index is -3.53. The van der Waals surface area contributed by atoms with Crippen molar-refractivity contribution in [3.63, 3.8) is 0 Å². The molecule has 1 fully saturated rings. The Bertz CT molecular complexity index is 854. The van der Waals surface area contributed by atoms with Crippen molar-refractivity contribution in [1.29, 1.82) is 0 Å². The standard InChI is InChI=1S/C16H19N3O4S/c1-3-23-14-7-5-4-6-13(14)15(20)19-10-12(11-19)24(21,22)16-17-8-9-18(16)2/h4-9,12H,3,10-11H2,1-2H3. The van der Waals surface area contributed by atoms with Crippen LogP contribution in [0.2, 0.25) is 0 Å². The van der Waals surface area contributed by atoms with Crippen LogP contribution in [-0.4, -0.2) is 53.7 Å². The summed E-state index contributed by atoms with van der Waals surface area (Å²) >= 11 is 0. The number of aryl methyl sites for hydroxylation is 1. The van der Waals surface area contributed by atoms with Gasteiger partial charge in [0.2, 0.25) is 15.0 Å². The number of carbonyl (C=O) groups excluding carboxylic acids is 1. The van der Waals surface area contributed by atoms with E-state index in [-0.39, 0.29) is 24.2 Å². The molecule has 1 aromatic heterocycles. The number of imidazole rings is 1. The van der Waals surface area contributed by atoms with Crippen LogP contribution in [0.15, 0.2) is 41.8 Å². The van der Waals surface area contributed by atoms with Crippen LogP contribution in [0.3, 0.4) is 0 Å². The third-order valence-corrected chi connectivity index (χ3v) is 6.10. The molecule has 24 heavy (non-hydrogen) atoms. The predicted octanol–water partition coefficient (Wildman–Crippen LogP) is 1.12. The summed E-state index contributed by atoms with van der Waals surface area (Å²) in [5, 5.41) is -0.587. The highest BCUT2D eigenvalue weighted by Crippen LogP contribution is 2.27. The summed E-state index contributed by atoms with van der Waals surface area (Å²) in [5.41, 5.74) is 0.451. The lowest BCUT2D eigenvalue weighted by Gasteiger charge is -2.38. The van der Waals surface area contributed by atoms with Crippen LogP contribution in [0.1, 0.15) is 17.3 Å². The summed E-state index contributed by atoms with van der Waals surface area (Å²) in [7, 11) is -1.89. The summed E-state index contributed by atoms with van der Waals surface area (Å²) < 4.78 is 32.0. The Morgan fingerprint density at radius 1 is 1.33 bits per heavy atom. The van der Waals surface area contributed by atoms with E-state index in [9.17, 15) is 13.2 Å². The molecule has 8 heteroatoms. The Balaban J connectivity index is 1.73. The van der Waals surface area contributed by atoms with Gasteiger partial charge in [-0.05, 0) is 19.1 Å². The number of aromatic nitrogens is 2. The summed E-state index contributed by atoms with van der Waals surface area (Å²) in [6.45, 7) is 2.63. The van der Waals surface area contributed by atoms with Gasteiger partial charge in [0.25, 0.3) is 5.91 Å². The van der Waals surface area contributed by atoms with Crippen molar-refractivity contribution in [2.75, 3.05) is 19.7 Å². The summed E-state index contributed by atoms with van der Waals surface area (Å²) in [6, 6.07) is 6.98. The highest BCUT2D eigenvalue weighted by atomic mass is 32.2. The summed E-state index contributed by atoms with van der Waals surface area (Å²) in [6.07, 6.45) is 3.04. The topological polar surface area (TPSA) is 81.5 Å². The van der Waals surface area contributed by atoms with E-state index in [4.69, 9.17) is 4.74 Å². The van der Waals surface area contributed by atoms with Gasteiger partial charge in [-0.3, -0.25) is 4.79 Å². The van der Waals surface area contributed by atoms with Crippen molar-refractivity contribution in [3.8, 4) is 5.75 Å². The number of likely N-dealkylation sites (tertiary alicyclic amines) is 1. The van der Waals surface area contributed by atoms with E-state index in [2.05, 4.69) is 4.98 Å². The van der Waals surface area contributed by atoms with Gasteiger partial charge >= 0.3 is 0 Å². The normalized spacial score (nSPS) is 15.2. The van der Waals surface area contributed by atoms with Crippen molar-refractivity contribution in [3.05, 3.63) is 42.2 Å². The zero-order chi connectivity index (χ0) is 17.3. The van der Waals surface area contributed by atoms with Crippen LogP contribution in [0.5, 0.6) is 5.75 Å². The van der Waals surface area contributed by atoms with Crippen LogP contribution in [0, 0.1) is 0 Å². The first-order chi connectivity index (χ1) is 11.4. The van der Waals surface area contributed by atoms with Crippen LogP contribution < -0.4 is 4.74 Å². The monoisotopic (exact) mass is 349 g/mol. The van der Waals surface area contributed by atoms with Gasteiger partial charge in [-0.1, -0.05) is 12.1 Å². The molecule has 0 unspecified atom stereocenters. The van der Waals surface area contributed by atoms with Crippen LogP contribution >= 0.6 is 0 Å². The molecule has 0 N–H and O–H groups in total. The molecule has 0 atom stereocenters. The smallest absolute Gasteiger partial charge is 0.257 e. The maximum absolute atomic E-state index is 12.6. The van der Waals surface area contributed by atoms with E-state index in [1.807, 2.05) is 6.92 Å². The molecule has 0 bridgehead atoms. The molecule has 1 aromatic carbocycles. The fourth-order valence-electron chi connectivity index (χ4n) is 2.67. The molecule has 7 nitrogen and oxygen atoms in total. The number of hydrogen-bond acceptors (Lipinski definition) is 5. The molecule has 0 saturated carbocycles. The zero-order valence-electron chi connectivity index (χ0n) is 13.5. The van der Waals surface area contributed by atoms with Crippen molar-refractivity contribution in [2.24, 2.45) is 7.05 Å². The Morgan fingerprint density at radius 2 is 2.04 bits per heavy atom. The molecule has 1 aliphatic rings. The fraction of sp³-hybridized carbons (Fsp3) is 0.375. The second-order valence-corrected chi connectivity index (χ2v) is 7.75. The van der Waals surface area contributed by atoms with E-state index in [0.29, 0.717) is 17.9 Å². The molecule has 1 saturated heterocycles. The van der Waals surface area contributed by atoms with Gasteiger partial charge in [0, 0.05) is 32.5 Å². The fourth-order valence-corrected chi connectivity index (χ4v) is 4.39. The molecular weight excluding hydrogens is 330 g/mol. The van der Waals surface area contributed by atoms with Gasteiger partial charge in [-0.25, -0.2) is 13.4 Å². The van der Waals surface area contributed by atoms with Gasteiger partial charge in [-0.15, -0.1) is 0 Å². The Hall–Kier alpha value is -2.35. The maximum Gasteiger partial charge on any atom is 0.257 e. The summed E-state index contributed by atoms with van der Waals surface area (Å²) in [5.74, 6) is 0.297. The first kappa shape index (κ1) is 16.5. The molecule has 0 spiro atoms. The number of nitrogens with zero attached hydrogens (tertiary/aromatic N) is 3. The molecule has 1 aliphatic heterocycles. The number of sulfone groups is 1. The Morgan fingerprint density at radius 3 is 2.67 bits per heavy atom. The lowest BCUT2D eigenvalue weighted by Crippen LogP contribution is -2.57. The van der Waals surface area contributed by atoms with Crippen molar-refractivity contribution in [1.82, 2.24) is 14.5 Å². The molecule has 0 aliphatic carbocycles. The lowest BCUT2D eigenvalue weighted by atomic mass is 10.1. The molecule has 2 heterocycles. The number of benzene rings is 1. The van der Waals surface area contributed by atoms with Gasteiger partial charge in [0.05, 0.1) is 12.2 Å². The second kappa shape index (κ2) is 6.27. The van der Waals surface area contributed by atoms with Crippen molar-refractivity contribution < 1.29 is 17.9 Å². The van der Waals surface area contributed by atoms with Crippen LogP contribution in [-0.2, 0) is 16.9 Å². The molecule has 1 amide bonds. The Kier molecular flexibility index (Phi) is 4.31. The number of amides is 1. The number of carbonyl (C=O) groups is 1. The average Bonchev–Trinajstić information content (AvgIpc) is 2.93. The minimum absolute atomic E-state index is 0.0364. The predicted molar refractivity (Wildman–Crippen MR) is 87.7 cm³/mol. The third kappa shape index (κ3) is 2.77. The van der Waals surface area contributed by atoms with E-state index < -0.39 is 15.1 Å². The molecule has 3 rings (SSSR count). The molecule has 0 radical (unpaired) electrons. The molecule has 2 aromatic rings. The number of rotatable bonds is 5. The van der Waals surface area contributed by atoms with Crippen molar-refractivity contribution in [2.45, 2.75) is 17.3 Å². The largest absolute Gasteiger partial charge is 0.493 e. The van der Waals surface area contributed by atoms with Gasteiger partial charge < -0.3 is 14.2 Å². The van der Waals surface area contributed by atoms with E-state index >= 15 is 0 Å². The van der Waals surface area contributed by atoms with Crippen molar-refractivity contribution >= 4 is 15.7 Å². The first-order valence-electron chi connectivity index (χ1n) is 7.67. The highest BCUT2D eigenvalue weighted by Gasteiger charge is 2.42. The first-order valence-corrected chi connectivity index (χ1v) is 9.22. The van der Waals surface area contributed by atoms with E-state index in [0.717, 1.165) is 0 Å². The maximum atomic E-state index is 12.6. The average molecular weight is 349 g/mol. The van der Waals surface area contributed by atoms with Crippen LogP contribution in [0.25, 0.3) is 0 Å². The van der Waals surface area contributed by atoms with Gasteiger partial charge in [0.15, 0.2) is 0 Å². The molecule has 128 valence electrons. The number of para-hydroxylation sites is 1.